The first-order valence-corrected chi connectivity index (χ1v) is 7.69. The summed E-state index contributed by atoms with van der Waals surface area (Å²) in [5, 5.41) is 14.4. The molecule has 3 N–H and O–H groups in total. The van der Waals surface area contributed by atoms with Gasteiger partial charge in [0.15, 0.2) is 0 Å². The van der Waals surface area contributed by atoms with Crippen LogP contribution in [0.2, 0.25) is 0 Å². The van der Waals surface area contributed by atoms with Gasteiger partial charge in [-0.15, -0.1) is 0 Å². The molecule has 0 spiro atoms. The average molecular weight is 320 g/mol. The molecule has 1 aromatic carbocycles. The van der Waals surface area contributed by atoms with Crippen molar-refractivity contribution in [2.75, 3.05) is 0 Å². The maximum atomic E-state index is 12.4. The molecule has 2 amide bonds. The van der Waals surface area contributed by atoms with Crippen molar-refractivity contribution in [3.8, 4) is 0 Å². The minimum Gasteiger partial charge on any atom is -0.480 e. The first-order valence-electron chi connectivity index (χ1n) is 7.69. The standard InChI is InChI=1S/C17H24N2O4/c1-4-11(2)15(17(22)23)19-16(21)14(18-12(3)20)10-13-8-6-5-7-9-13/h5-9,11,14-15H,4,10H2,1-3H3,(H,18,20)(H,19,21)(H,22,23)/t11-,14-,15-/m0/s1. The molecule has 0 saturated heterocycles. The van der Waals surface area contributed by atoms with Crippen LogP contribution in [0.3, 0.4) is 0 Å². The van der Waals surface area contributed by atoms with Crippen LogP contribution in [0.25, 0.3) is 0 Å². The Hall–Kier alpha value is -2.37. The van der Waals surface area contributed by atoms with E-state index in [4.69, 9.17) is 0 Å². The van der Waals surface area contributed by atoms with Gasteiger partial charge in [0.2, 0.25) is 11.8 Å². The van der Waals surface area contributed by atoms with E-state index in [9.17, 15) is 19.5 Å². The van der Waals surface area contributed by atoms with Crippen LogP contribution in [0, 0.1) is 5.92 Å². The van der Waals surface area contributed by atoms with Crippen LogP contribution in [0.5, 0.6) is 0 Å². The van der Waals surface area contributed by atoms with Crippen LogP contribution in [-0.2, 0) is 20.8 Å². The van der Waals surface area contributed by atoms with Crippen LogP contribution >= 0.6 is 0 Å². The highest BCUT2D eigenvalue weighted by Gasteiger charge is 2.29. The lowest BCUT2D eigenvalue weighted by atomic mass is 9.98. The third-order valence-electron chi connectivity index (χ3n) is 3.75. The Kier molecular flexibility index (Phi) is 7.25. The number of carbonyl (C=O) groups excluding carboxylic acids is 2. The molecule has 0 fully saturated rings. The second-order valence-electron chi connectivity index (χ2n) is 5.65. The minimum atomic E-state index is -1.08. The largest absolute Gasteiger partial charge is 0.480 e. The van der Waals surface area contributed by atoms with Gasteiger partial charge in [-0.2, -0.15) is 0 Å². The molecular formula is C17H24N2O4. The molecular weight excluding hydrogens is 296 g/mol. The van der Waals surface area contributed by atoms with Gasteiger partial charge in [0.05, 0.1) is 0 Å². The van der Waals surface area contributed by atoms with Crippen molar-refractivity contribution in [1.82, 2.24) is 10.6 Å². The fraction of sp³-hybridized carbons (Fsp3) is 0.471. The number of hydrogen-bond acceptors (Lipinski definition) is 3. The highest BCUT2D eigenvalue weighted by molar-refractivity contribution is 5.90. The van der Waals surface area contributed by atoms with Gasteiger partial charge in [-0.3, -0.25) is 9.59 Å². The van der Waals surface area contributed by atoms with Gasteiger partial charge < -0.3 is 15.7 Å². The molecule has 1 aromatic rings. The summed E-state index contributed by atoms with van der Waals surface area (Å²) in [4.78, 5) is 35.1. The number of carboxylic acid groups (broad SMARTS) is 1. The Bertz CT molecular complexity index is 545. The van der Waals surface area contributed by atoms with Gasteiger partial charge in [0.25, 0.3) is 0 Å². The molecule has 0 aliphatic carbocycles. The summed E-state index contributed by atoms with van der Waals surface area (Å²) in [7, 11) is 0. The number of aliphatic carboxylic acids is 1. The number of carbonyl (C=O) groups is 3. The minimum absolute atomic E-state index is 0.203. The number of hydrogen-bond donors (Lipinski definition) is 3. The fourth-order valence-corrected chi connectivity index (χ4v) is 2.24. The van der Waals surface area contributed by atoms with E-state index in [1.54, 1.807) is 6.92 Å². The highest BCUT2D eigenvalue weighted by atomic mass is 16.4. The molecule has 0 aliphatic heterocycles. The SMILES string of the molecule is CC[C@H](C)[C@H](NC(=O)[C@H](Cc1ccccc1)NC(C)=O)C(=O)O. The number of nitrogens with one attached hydrogen (secondary N) is 2. The molecule has 0 radical (unpaired) electrons. The summed E-state index contributed by atoms with van der Waals surface area (Å²) < 4.78 is 0. The Morgan fingerprint density at radius 3 is 2.22 bits per heavy atom. The summed E-state index contributed by atoms with van der Waals surface area (Å²) >= 11 is 0. The summed E-state index contributed by atoms with van der Waals surface area (Å²) in [5.74, 6) is -2.10. The molecule has 6 nitrogen and oxygen atoms in total. The van der Waals surface area contributed by atoms with Crippen molar-refractivity contribution >= 4 is 17.8 Å². The van der Waals surface area contributed by atoms with E-state index in [0.717, 1.165) is 5.56 Å². The van der Waals surface area contributed by atoms with Crippen LogP contribution in [0.1, 0.15) is 32.8 Å². The third-order valence-corrected chi connectivity index (χ3v) is 3.75. The number of rotatable bonds is 8. The fourth-order valence-electron chi connectivity index (χ4n) is 2.24. The lowest BCUT2D eigenvalue weighted by molar-refractivity contribution is -0.143. The second kappa shape index (κ2) is 8.92. The van der Waals surface area contributed by atoms with E-state index >= 15 is 0 Å². The molecule has 0 unspecified atom stereocenters. The molecule has 23 heavy (non-hydrogen) atoms. The second-order valence-corrected chi connectivity index (χ2v) is 5.65. The first kappa shape index (κ1) is 18.7. The maximum absolute atomic E-state index is 12.4. The Balaban J connectivity index is 2.86. The maximum Gasteiger partial charge on any atom is 0.326 e. The summed E-state index contributed by atoms with van der Waals surface area (Å²) in [6, 6.07) is 7.48. The highest BCUT2D eigenvalue weighted by Crippen LogP contribution is 2.09. The van der Waals surface area contributed by atoms with Gasteiger partial charge in [0, 0.05) is 13.3 Å². The molecule has 6 heteroatoms. The number of benzene rings is 1. The number of amides is 2. The quantitative estimate of drug-likeness (QED) is 0.674. The summed E-state index contributed by atoms with van der Waals surface area (Å²) in [6.45, 7) is 4.96. The van der Waals surface area contributed by atoms with Crippen molar-refractivity contribution < 1.29 is 19.5 Å². The molecule has 0 saturated carbocycles. The molecule has 3 atom stereocenters. The van der Waals surface area contributed by atoms with E-state index in [0.29, 0.717) is 12.8 Å². The number of carboxylic acids is 1. The zero-order chi connectivity index (χ0) is 17.4. The predicted octanol–water partition coefficient (Wildman–Crippen LogP) is 1.35. The molecule has 126 valence electrons. The van der Waals surface area contributed by atoms with Crippen LogP contribution in [0.15, 0.2) is 30.3 Å². The topological polar surface area (TPSA) is 95.5 Å². The average Bonchev–Trinajstić information content (AvgIpc) is 2.51. The van der Waals surface area contributed by atoms with E-state index in [-0.39, 0.29) is 11.8 Å². The van der Waals surface area contributed by atoms with Crippen LogP contribution in [-0.4, -0.2) is 35.0 Å². The molecule has 0 aromatic heterocycles. The Morgan fingerprint density at radius 2 is 1.74 bits per heavy atom. The van der Waals surface area contributed by atoms with Gasteiger partial charge >= 0.3 is 5.97 Å². The molecule has 1 rings (SSSR count). The van der Waals surface area contributed by atoms with E-state index < -0.39 is 24.0 Å². The smallest absolute Gasteiger partial charge is 0.326 e. The monoisotopic (exact) mass is 320 g/mol. The third kappa shape index (κ3) is 6.10. The zero-order valence-corrected chi connectivity index (χ0v) is 13.7. The van der Waals surface area contributed by atoms with Crippen molar-refractivity contribution in [2.45, 2.75) is 45.7 Å². The molecule has 0 heterocycles. The molecule has 0 bridgehead atoms. The van der Waals surface area contributed by atoms with Crippen LogP contribution < -0.4 is 10.6 Å². The van der Waals surface area contributed by atoms with Crippen molar-refractivity contribution in [3.05, 3.63) is 35.9 Å². The van der Waals surface area contributed by atoms with Crippen molar-refractivity contribution in [1.29, 1.82) is 0 Å². The van der Waals surface area contributed by atoms with Gasteiger partial charge in [0.1, 0.15) is 12.1 Å². The Morgan fingerprint density at radius 1 is 1.13 bits per heavy atom. The van der Waals surface area contributed by atoms with Gasteiger partial charge in [-0.05, 0) is 11.5 Å². The van der Waals surface area contributed by atoms with E-state index in [1.807, 2.05) is 37.3 Å². The zero-order valence-electron chi connectivity index (χ0n) is 13.7. The van der Waals surface area contributed by atoms with Crippen molar-refractivity contribution in [2.24, 2.45) is 5.92 Å². The van der Waals surface area contributed by atoms with Gasteiger partial charge in [-0.1, -0.05) is 50.6 Å². The predicted molar refractivity (Wildman–Crippen MR) is 86.8 cm³/mol. The van der Waals surface area contributed by atoms with Gasteiger partial charge in [-0.25, -0.2) is 4.79 Å². The van der Waals surface area contributed by atoms with E-state index in [2.05, 4.69) is 10.6 Å². The molecule has 0 aliphatic rings. The normalized spacial score (nSPS) is 14.4. The lowest BCUT2D eigenvalue weighted by Gasteiger charge is -2.24. The van der Waals surface area contributed by atoms with E-state index in [1.165, 1.54) is 6.92 Å². The summed E-state index contributed by atoms with van der Waals surface area (Å²) in [6.07, 6.45) is 0.930. The van der Waals surface area contributed by atoms with Crippen molar-refractivity contribution in [3.63, 3.8) is 0 Å². The Labute approximate surface area is 136 Å². The lowest BCUT2D eigenvalue weighted by Crippen LogP contribution is -2.53. The van der Waals surface area contributed by atoms with Crippen LogP contribution in [0.4, 0.5) is 0 Å². The first-order chi connectivity index (χ1) is 10.8. The summed E-state index contributed by atoms with van der Waals surface area (Å²) in [5.41, 5.74) is 0.886.